The lowest BCUT2D eigenvalue weighted by molar-refractivity contribution is -0.141. The van der Waals surface area contributed by atoms with Gasteiger partial charge in [-0.3, -0.25) is 24.1 Å². The molecule has 0 unspecified atom stereocenters. The van der Waals surface area contributed by atoms with Gasteiger partial charge in [-0.25, -0.2) is 9.18 Å². The summed E-state index contributed by atoms with van der Waals surface area (Å²) in [7, 11) is 0. The minimum atomic E-state index is -0.776. The molecule has 0 aliphatic carbocycles. The molecule has 170 valence electrons. The van der Waals surface area contributed by atoms with Gasteiger partial charge in [-0.15, -0.1) is 11.3 Å². The van der Waals surface area contributed by atoms with Crippen molar-refractivity contribution in [2.24, 2.45) is 0 Å². The first-order chi connectivity index (χ1) is 15.8. The number of aromatic nitrogens is 2. The number of hydrogen-bond donors (Lipinski definition) is 1. The number of esters is 1. The van der Waals surface area contributed by atoms with Crippen molar-refractivity contribution in [1.29, 1.82) is 0 Å². The molecule has 2 aromatic heterocycles. The van der Waals surface area contributed by atoms with Gasteiger partial charge in [0.15, 0.2) is 5.69 Å². The summed E-state index contributed by atoms with van der Waals surface area (Å²) in [6.45, 7) is 1.20. The first-order valence-electron chi connectivity index (χ1n) is 9.90. The Morgan fingerprint density at radius 2 is 1.82 bits per heavy atom. The molecule has 3 heterocycles. The zero-order chi connectivity index (χ0) is 23.7. The summed E-state index contributed by atoms with van der Waals surface area (Å²) in [5.74, 6) is -2.86. The highest BCUT2D eigenvalue weighted by Gasteiger charge is 2.31. The fourth-order valence-electron chi connectivity index (χ4n) is 3.36. The summed E-state index contributed by atoms with van der Waals surface area (Å²) in [6, 6.07) is 4.91. The molecule has 33 heavy (non-hydrogen) atoms. The van der Waals surface area contributed by atoms with Gasteiger partial charge in [-0.2, -0.15) is 9.78 Å². The van der Waals surface area contributed by atoms with Crippen LogP contribution in [0, 0.1) is 5.82 Å². The van der Waals surface area contributed by atoms with E-state index in [2.05, 4.69) is 10.4 Å². The Morgan fingerprint density at radius 1 is 1.15 bits per heavy atom. The number of benzene rings is 1. The van der Waals surface area contributed by atoms with E-state index in [1.807, 2.05) is 0 Å². The number of fused-ring (bicyclic) bond motifs is 1. The normalized spacial score (nSPS) is 13.6. The summed E-state index contributed by atoms with van der Waals surface area (Å²) < 4.78 is 19.3. The number of nitrogens with one attached hydrogen (secondary N) is 1. The van der Waals surface area contributed by atoms with Crippen molar-refractivity contribution in [3.8, 4) is 5.69 Å². The summed E-state index contributed by atoms with van der Waals surface area (Å²) in [6.07, 6.45) is 0.0932. The quantitative estimate of drug-likeness (QED) is 0.428. The maximum absolute atomic E-state index is 13.4. The Hall–Kier alpha value is -3.93. The van der Waals surface area contributed by atoms with E-state index >= 15 is 0 Å². The number of hydrogen-bond acceptors (Lipinski definition) is 8. The number of carbonyl (C=O) groups excluding carboxylic acids is 4. The number of thiophene rings is 1. The molecule has 1 saturated heterocycles. The highest BCUT2D eigenvalue weighted by atomic mass is 32.1. The lowest BCUT2D eigenvalue weighted by atomic mass is 10.2. The third-order valence-corrected chi connectivity index (χ3v) is 5.80. The monoisotopic (exact) mass is 472 g/mol. The molecule has 0 atom stereocenters. The van der Waals surface area contributed by atoms with Gasteiger partial charge in [0.2, 0.25) is 17.7 Å². The van der Waals surface area contributed by atoms with Gasteiger partial charge in [-0.1, -0.05) is 0 Å². The molecule has 1 aromatic carbocycles. The summed E-state index contributed by atoms with van der Waals surface area (Å²) in [5, 5.41) is 8.42. The third kappa shape index (κ3) is 4.24. The van der Waals surface area contributed by atoms with E-state index in [1.54, 1.807) is 6.92 Å². The number of anilines is 1. The Bertz CT molecular complexity index is 1330. The zero-order valence-corrected chi connectivity index (χ0v) is 18.1. The SMILES string of the molecule is CCOC(=O)c1nn(-c2ccc(F)cc2)c(=O)c2c(NC(=O)CN3C(=O)CCC3=O)scc12. The molecule has 0 spiro atoms. The number of nitrogens with zero attached hydrogens (tertiary/aromatic N) is 3. The molecule has 1 aliphatic rings. The average molecular weight is 472 g/mol. The lowest BCUT2D eigenvalue weighted by Crippen LogP contribution is -2.37. The molecular formula is C21H17FN4O6S. The van der Waals surface area contributed by atoms with E-state index in [9.17, 15) is 28.4 Å². The molecule has 0 saturated carbocycles. The van der Waals surface area contributed by atoms with E-state index in [0.717, 1.165) is 33.1 Å². The van der Waals surface area contributed by atoms with Crippen molar-refractivity contribution >= 4 is 50.8 Å². The van der Waals surface area contributed by atoms with E-state index in [0.29, 0.717) is 0 Å². The number of ether oxygens (including phenoxy) is 1. The minimum Gasteiger partial charge on any atom is -0.461 e. The number of halogens is 1. The average Bonchev–Trinajstić information content (AvgIpc) is 3.34. The van der Waals surface area contributed by atoms with Crippen LogP contribution in [0.15, 0.2) is 34.4 Å². The van der Waals surface area contributed by atoms with Gasteiger partial charge in [0, 0.05) is 23.6 Å². The number of rotatable bonds is 6. The van der Waals surface area contributed by atoms with Crippen LogP contribution in [0.5, 0.6) is 0 Å². The predicted octanol–water partition coefficient (Wildman–Crippen LogP) is 1.85. The molecule has 10 nitrogen and oxygen atoms in total. The molecule has 1 aliphatic heterocycles. The van der Waals surface area contributed by atoms with Crippen LogP contribution >= 0.6 is 11.3 Å². The number of carbonyl (C=O) groups is 4. The zero-order valence-electron chi connectivity index (χ0n) is 17.3. The Kier molecular flexibility index (Phi) is 6.01. The third-order valence-electron chi connectivity index (χ3n) is 4.90. The summed E-state index contributed by atoms with van der Waals surface area (Å²) in [4.78, 5) is 62.7. The van der Waals surface area contributed by atoms with Crippen molar-refractivity contribution in [2.75, 3.05) is 18.5 Å². The molecule has 0 radical (unpaired) electrons. The van der Waals surface area contributed by atoms with Crippen LogP contribution in [-0.4, -0.2) is 51.5 Å². The van der Waals surface area contributed by atoms with Crippen LogP contribution in [0.2, 0.25) is 0 Å². The maximum Gasteiger partial charge on any atom is 0.359 e. The fraction of sp³-hybridized carbons (Fsp3) is 0.238. The van der Waals surface area contributed by atoms with E-state index in [-0.39, 0.29) is 46.6 Å². The summed E-state index contributed by atoms with van der Waals surface area (Å²) >= 11 is 0.979. The smallest absolute Gasteiger partial charge is 0.359 e. The van der Waals surface area contributed by atoms with Crippen molar-refractivity contribution < 1.29 is 28.3 Å². The second-order valence-corrected chi connectivity index (χ2v) is 7.92. The van der Waals surface area contributed by atoms with Crippen molar-refractivity contribution in [3.63, 3.8) is 0 Å². The standard InChI is InChI=1S/C21H17FN4O6S/c1-2-32-21(31)18-13-10-33-19(23-14(27)9-25-15(28)7-8-16(25)29)17(13)20(30)26(24-18)12-5-3-11(22)4-6-12/h3-6,10H,2,7-9H2,1H3,(H,23,27). The lowest BCUT2D eigenvalue weighted by Gasteiger charge is -2.13. The Morgan fingerprint density at radius 3 is 2.45 bits per heavy atom. The fourth-order valence-corrected chi connectivity index (χ4v) is 4.31. The Balaban J connectivity index is 1.78. The molecule has 3 amide bonds. The minimum absolute atomic E-state index is 0.00481. The summed E-state index contributed by atoms with van der Waals surface area (Å²) in [5.41, 5.74) is -0.613. The Labute approximate surface area is 189 Å². The molecular weight excluding hydrogens is 455 g/mol. The number of amides is 3. The van der Waals surface area contributed by atoms with Crippen molar-refractivity contribution in [2.45, 2.75) is 19.8 Å². The highest BCUT2D eigenvalue weighted by Crippen LogP contribution is 2.30. The molecule has 0 bridgehead atoms. The van der Waals surface area contributed by atoms with Crippen LogP contribution in [0.25, 0.3) is 16.5 Å². The number of imide groups is 1. The largest absolute Gasteiger partial charge is 0.461 e. The van der Waals surface area contributed by atoms with Gasteiger partial charge < -0.3 is 10.1 Å². The second-order valence-electron chi connectivity index (χ2n) is 7.04. The van der Waals surface area contributed by atoms with Crippen LogP contribution in [0.4, 0.5) is 9.39 Å². The maximum atomic E-state index is 13.4. The van der Waals surface area contributed by atoms with Crippen LogP contribution in [-0.2, 0) is 19.1 Å². The van der Waals surface area contributed by atoms with Gasteiger partial charge in [0.05, 0.1) is 17.7 Å². The van der Waals surface area contributed by atoms with Gasteiger partial charge in [0.1, 0.15) is 17.4 Å². The van der Waals surface area contributed by atoms with Crippen LogP contribution in [0.3, 0.4) is 0 Å². The van der Waals surface area contributed by atoms with Crippen molar-refractivity contribution in [1.82, 2.24) is 14.7 Å². The van der Waals surface area contributed by atoms with E-state index in [4.69, 9.17) is 4.74 Å². The molecule has 3 aromatic rings. The van der Waals surface area contributed by atoms with Gasteiger partial charge >= 0.3 is 5.97 Å². The molecule has 1 N–H and O–H groups in total. The number of likely N-dealkylation sites (tertiary alicyclic amines) is 1. The first-order valence-corrected chi connectivity index (χ1v) is 10.8. The topological polar surface area (TPSA) is 128 Å². The highest BCUT2D eigenvalue weighted by molar-refractivity contribution is 7.16. The van der Waals surface area contributed by atoms with Crippen molar-refractivity contribution in [3.05, 3.63) is 51.5 Å². The second kappa shape index (κ2) is 8.90. The van der Waals surface area contributed by atoms with Gasteiger partial charge in [0.25, 0.3) is 5.56 Å². The first kappa shape index (κ1) is 22.3. The molecule has 1 fully saturated rings. The van der Waals surface area contributed by atoms with Crippen LogP contribution in [0.1, 0.15) is 30.3 Å². The van der Waals surface area contributed by atoms with E-state index < -0.39 is 41.6 Å². The predicted molar refractivity (Wildman–Crippen MR) is 116 cm³/mol. The van der Waals surface area contributed by atoms with Crippen LogP contribution < -0.4 is 10.9 Å². The molecule has 12 heteroatoms. The van der Waals surface area contributed by atoms with Gasteiger partial charge in [-0.05, 0) is 31.2 Å². The molecule has 4 rings (SSSR count). The van der Waals surface area contributed by atoms with E-state index in [1.165, 1.54) is 17.5 Å².